The molecule has 2 saturated heterocycles. The number of fused-ring (bicyclic) bond motifs is 1. The van der Waals surface area contributed by atoms with E-state index in [9.17, 15) is 0 Å². The van der Waals surface area contributed by atoms with Crippen molar-refractivity contribution >= 4 is 11.4 Å². The van der Waals surface area contributed by atoms with Gasteiger partial charge in [0.25, 0.3) is 0 Å². The van der Waals surface area contributed by atoms with Crippen molar-refractivity contribution in [2.24, 2.45) is 0 Å². The summed E-state index contributed by atoms with van der Waals surface area (Å²) < 4.78 is 0. The van der Waals surface area contributed by atoms with Gasteiger partial charge >= 0.3 is 0 Å². The summed E-state index contributed by atoms with van der Waals surface area (Å²) in [7, 11) is 4.20. The molecular formula is C17H27N3. The maximum absolute atomic E-state index is 2.72. The van der Waals surface area contributed by atoms with Gasteiger partial charge in [-0.25, -0.2) is 0 Å². The van der Waals surface area contributed by atoms with E-state index in [1.54, 1.807) is 0 Å². The smallest absolute Gasteiger partial charge is 0.0368 e. The molecule has 0 aliphatic carbocycles. The van der Waals surface area contributed by atoms with Crippen molar-refractivity contribution < 1.29 is 0 Å². The van der Waals surface area contributed by atoms with Crippen LogP contribution in [0.1, 0.15) is 25.7 Å². The van der Waals surface area contributed by atoms with E-state index in [0.29, 0.717) is 0 Å². The molecule has 3 rings (SSSR count). The highest BCUT2D eigenvalue weighted by Gasteiger charge is 2.27. The zero-order valence-electron chi connectivity index (χ0n) is 12.9. The number of anilines is 2. The molecule has 0 amide bonds. The Kier molecular flexibility index (Phi) is 4.16. The predicted molar refractivity (Wildman–Crippen MR) is 86.8 cm³/mol. The molecule has 2 aliphatic rings. The molecule has 0 bridgehead atoms. The van der Waals surface area contributed by atoms with Crippen molar-refractivity contribution in [2.45, 2.75) is 31.7 Å². The van der Waals surface area contributed by atoms with Gasteiger partial charge in [-0.05, 0) is 50.1 Å². The lowest BCUT2D eigenvalue weighted by Crippen LogP contribution is -2.44. The van der Waals surface area contributed by atoms with Crippen LogP contribution in [0.4, 0.5) is 11.4 Å². The van der Waals surface area contributed by atoms with Gasteiger partial charge in [-0.1, -0.05) is 6.42 Å². The molecule has 0 radical (unpaired) electrons. The number of piperidine rings is 1. The van der Waals surface area contributed by atoms with Gasteiger partial charge < -0.3 is 9.80 Å². The van der Waals surface area contributed by atoms with Gasteiger partial charge in [0.15, 0.2) is 0 Å². The second-order valence-electron chi connectivity index (χ2n) is 6.40. The fourth-order valence-electron chi connectivity index (χ4n) is 3.57. The lowest BCUT2D eigenvalue weighted by atomic mass is 10.0. The number of hydrogen-bond acceptors (Lipinski definition) is 3. The fraction of sp³-hybridized carbons (Fsp3) is 0.647. The summed E-state index contributed by atoms with van der Waals surface area (Å²) >= 11 is 0. The van der Waals surface area contributed by atoms with Crippen molar-refractivity contribution in [1.82, 2.24) is 4.90 Å². The predicted octanol–water partition coefficient (Wildman–Crippen LogP) is 2.82. The van der Waals surface area contributed by atoms with E-state index in [1.807, 2.05) is 0 Å². The van der Waals surface area contributed by atoms with E-state index in [1.165, 1.54) is 63.2 Å². The zero-order valence-corrected chi connectivity index (χ0v) is 12.9. The number of benzene rings is 1. The molecule has 0 saturated carbocycles. The molecule has 0 spiro atoms. The van der Waals surface area contributed by atoms with E-state index < -0.39 is 0 Å². The van der Waals surface area contributed by atoms with E-state index in [2.05, 4.69) is 53.1 Å². The number of nitrogens with zero attached hydrogens (tertiary/aromatic N) is 3. The van der Waals surface area contributed by atoms with E-state index in [4.69, 9.17) is 0 Å². The van der Waals surface area contributed by atoms with Crippen molar-refractivity contribution in [3.8, 4) is 0 Å². The molecule has 3 nitrogen and oxygen atoms in total. The van der Waals surface area contributed by atoms with Crippen LogP contribution < -0.4 is 9.80 Å². The molecule has 3 heteroatoms. The molecule has 0 N–H and O–H groups in total. The number of rotatable bonds is 2. The zero-order chi connectivity index (χ0) is 13.9. The van der Waals surface area contributed by atoms with Crippen molar-refractivity contribution in [2.75, 3.05) is 50.1 Å². The van der Waals surface area contributed by atoms with Crippen LogP contribution in [0.2, 0.25) is 0 Å². The highest BCUT2D eigenvalue weighted by Crippen LogP contribution is 2.25. The molecule has 110 valence electrons. The molecule has 2 aliphatic heterocycles. The summed E-state index contributed by atoms with van der Waals surface area (Å²) in [5, 5.41) is 0. The van der Waals surface area contributed by atoms with Crippen LogP contribution >= 0.6 is 0 Å². The maximum atomic E-state index is 2.72. The molecule has 1 atom stereocenters. The summed E-state index contributed by atoms with van der Waals surface area (Å²) in [4.78, 5) is 7.47. The Morgan fingerprint density at radius 3 is 2.45 bits per heavy atom. The van der Waals surface area contributed by atoms with Crippen LogP contribution in [0, 0.1) is 0 Å². The van der Waals surface area contributed by atoms with Crippen LogP contribution in [0.5, 0.6) is 0 Å². The highest BCUT2D eigenvalue weighted by atomic mass is 15.2. The normalized spacial score (nSPS) is 24.1. The first-order valence-electron chi connectivity index (χ1n) is 8.00. The molecule has 1 aromatic rings. The second-order valence-corrected chi connectivity index (χ2v) is 6.40. The van der Waals surface area contributed by atoms with Gasteiger partial charge in [-0.15, -0.1) is 0 Å². The third kappa shape index (κ3) is 2.93. The summed E-state index contributed by atoms with van der Waals surface area (Å²) in [6, 6.07) is 9.82. The van der Waals surface area contributed by atoms with Crippen LogP contribution in [-0.4, -0.2) is 51.2 Å². The van der Waals surface area contributed by atoms with Gasteiger partial charge in [0.2, 0.25) is 0 Å². The quantitative estimate of drug-likeness (QED) is 0.820. The molecular weight excluding hydrogens is 246 g/mol. The first-order chi connectivity index (χ1) is 9.74. The third-order valence-corrected chi connectivity index (χ3v) is 4.78. The first-order valence-corrected chi connectivity index (χ1v) is 8.00. The lowest BCUT2D eigenvalue weighted by Gasteiger charge is -2.36. The molecule has 2 fully saturated rings. The largest absolute Gasteiger partial charge is 0.378 e. The average Bonchev–Trinajstić information content (AvgIpc) is 2.69. The minimum Gasteiger partial charge on any atom is -0.378 e. The molecule has 1 aromatic carbocycles. The van der Waals surface area contributed by atoms with Gasteiger partial charge in [0.1, 0.15) is 0 Å². The van der Waals surface area contributed by atoms with Gasteiger partial charge in [-0.3, -0.25) is 4.90 Å². The Morgan fingerprint density at radius 1 is 0.950 bits per heavy atom. The lowest BCUT2D eigenvalue weighted by molar-refractivity contribution is 0.162. The minimum atomic E-state index is 0.778. The summed E-state index contributed by atoms with van der Waals surface area (Å²) in [6.45, 7) is 5.02. The Bertz CT molecular complexity index is 426. The Labute approximate surface area is 123 Å². The highest BCUT2D eigenvalue weighted by molar-refractivity contribution is 5.56. The third-order valence-electron chi connectivity index (χ3n) is 4.78. The standard InChI is InChI=1S/C17H27N3/c1-18(2)15-7-9-16(10-8-15)20-13-5-12-19-11-4-3-6-17(19)14-20/h7-10,17H,3-6,11-14H2,1-2H3. The van der Waals surface area contributed by atoms with Crippen molar-refractivity contribution in [1.29, 1.82) is 0 Å². The van der Waals surface area contributed by atoms with Gasteiger partial charge in [-0.2, -0.15) is 0 Å². The average molecular weight is 273 g/mol. The Hall–Kier alpha value is -1.22. The van der Waals surface area contributed by atoms with Crippen LogP contribution in [-0.2, 0) is 0 Å². The molecule has 20 heavy (non-hydrogen) atoms. The minimum absolute atomic E-state index is 0.778. The SMILES string of the molecule is CN(C)c1ccc(N2CCCN3CCCCC3C2)cc1. The van der Waals surface area contributed by atoms with E-state index in [-0.39, 0.29) is 0 Å². The van der Waals surface area contributed by atoms with E-state index >= 15 is 0 Å². The topological polar surface area (TPSA) is 9.72 Å². The Morgan fingerprint density at radius 2 is 1.70 bits per heavy atom. The summed E-state index contributed by atoms with van der Waals surface area (Å²) in [5.41, 5.74) is 2.67. The van der Waals surface area contributed by atoms with Gasteiger partial charge in [0.05, 0.1) is 0 Å². The van der Waals surface area contributed by atoms with Gasteiger partial charge in [0, 0.05) is 51.1 Å². The summed E-state index contributed by atoms with van der Waals surface area (Å²) in [6.07, 6.45) is 5.49. The first kappa shape index (κ1) is 13.7. The van der Waals surface area contributed by atoms with Crippen molar-refractivity contribution in [3.63, 3.8) is 0 Å². The molecule has 1 unspecified atom stereocenters. The fourth-order valence-corrected chi connectivity index (χ4v) is 3.57. The monoisotopic (exact) mass is 273 g/mol. The second kappa shape index (κ2) is 6.04. The summed E-state index contributed by atoms with van der Waals surface area (Å²) in [5.74, 6) is 0. The van der Waals surface area contributed by atoms with Crippen LogP contribution in [0.25, 0.3) is 0 Å². The maximum Gasteiger partial charge on any atom is 0.0368 e. The van der Waals surface area contributed by atoms with E-state index in [0.717, 1.165) is 6.04 Å². The molecule has 2 heterocycles. The van der Waals surface area contributed by atoms with Crippen LogP contribution in [0.15, 0.2) is 24.3 Å². The van der Waals surface area contributed by atoms with Crippen LogP contribution in [0.3, 0.4) is 0 Å². The van der Waals surface area contributed by atoms with Crippen molar-refractivity contribution in [3.05, 3.63) is 24.3 Å². The number of hydrogen-bond donors (Lipinski definition) is 0. The molecule has 0 aromatic heterocycles. The Balaban J connectivity index is 1.72.